The maximum absolute atomic E-state index is 8.44. The summed E-state index contributed by atoms with van der Waals surface area (Å²) in [5.74, 6) is 4.40. The highest BCUT2D eigenvalue weighted by Gasteiger charge is 2.33. The van der Waals surface area contributed by atoms with Gasteiger partial charge in [-0.1, -0.05) is 159 Å². The molecule has 538 valence electrons. The number of hydrogen-bond donors (Lipinski definition) is 0. The molecule has 2 aliphatic carbocycles. The molecule has 2 fully saturated rings. The first-order valence-electron chi connectivity index (χ1n) is 36.2. The molecule has 8 aromatic rings. The lowest BCUT2D eigenvalue weighted by molar-refractivity contribution is -0.0826. The van der Waals surface area contributed by atoms with E-state index < -0.39 is 10.6 Å². The fourth-order valence-corrected chi connectivity index (χ4v) is 16.4. The SMILES string of the molecule is CC(C)(C)C1CCN(SOOc2ccccc2-c2c3ccc(=[N+]4CCc5ccccc54)cc-3oc3cc(N4CCc5ccccc54)ccc23)CC1.Cc1ccc([N+](C)=c2ccc3c(-c4ccccc4OOSN4CCC(C(C)(C)C)CC4)c4ccc(N(C)c5ccccc5)cc4oc-3c2)cc1.O=S(=O)=O. The molecule has 6 aliphatic heterocycles. The summed E-state index contributed by atoms with van der Waals surface area (Å²) >= 11 is 2.62. The van der Waals surface area contributed by atoms with Crippen LogP contribution in [0.3, 0.4) is 0 Å². The van der Waals surface area contributed by atoms with Crippen molar-refractivity contribution < 1.29 is 39.9 Å². The van der Waals surface area contributed by atoms with Crippen LogP contribution in [0.5, 0.6) is 11.5 Å². The van der Waals surface area contributed by atoms with Gasteiger partial charge in [0.05, 0.1) is 12.1 Å². The first-order valence-corrected chi connectivity index (χ1v) is 38.6. The van der Waals surface area contributed by atoms with E-state index in [1.165, 1.54) is 52.5 Å². The average molecular weight is 1460 g/mol. The van der Waals surface area contributed by atoms with Crippen molar-refractivity contribution in [2.45, 2.75) is 87.0 Å². The molecule has 0 bridgehead atoms. The van der Waals surface area contributed by atoms with Gasteiger partial charge in [0.25, 0.3) is 0 Å². The first-order chi connectivity index (χ1) is 50.8. The zero-order valence-corrected chi connectivity index (χ0v) is 63.5. The third-order valence-electron chi connectivity index (χ3n) is 21.3. The molecule has 0 saturated carbocycles. The first kappa shape index (κ1) is 72.4. The summed E-state index contributed by atoms with van der Waals surface area (Å²) in [6, 6.07) is 78.8. The fourth-order valence-electron chi connectivity index (χ4n) is 15.3. The maximum Gasteiger partial charge on any atom is 0.425 e. The van der Waals surface area contributed by atoms with Crippen LogP contribution >= 0.6 is 24.5 Å². The van der Waals surface area contributed by atoms with Gasteiger partial charge in [-0.05, 0) is 134 Å². The van der Waals surface area contributed by atoms with Gasteiger partial charge in [0.2, 0.25) is 22.1 Å². The van der Waals surface area contributed by atoms with Crippen LogP contribution in [0.4, 0.5) is 34.1 Å². The number of fused-ring (bicyclic) bond motifs is 6. The molecule has 0 spiro atoms. The lowest BCUT2D eigenvalue weighted by Crippen LogP contribution is -2.34. The van der Waals surface area contributed by atoms with Crippen LogP contribution in [0.1, 0.15) is 83.9 Å². The number of nitrogens with zero attached hydrogens (tertiary/aromatic N) is 6. The van der Waals surface area contributed by atoms with E-state index in [0.717, 1.165) is 190 Å². The maximum atomic E-state index is 8.44. The Morgan fingerprint density at radius 1 is 0.514 bits per heavy atom. The Bertz CT molecular complexity index is 5300. The Labute approximate surface area is 625 Å². The second-order valence-electron chi connectivity index (χ2n) is 29.8. The number of aryl methyl sites for hydroxylation is 1. The molecule has 0 aromatic heterocycles. The minimum Gasteiger partial charge on any atom is -0.456 e. The number of rotatable bonds is 14. The summed E-state index contributed by atoms with van der Waals surface area (Å²) in [6.07, 6.45) is 6.71. The third kappa shape index (κ3) is 16.3. The summed E-state index contributed by atoms with van der Waals surface area (Å²) < 4.78 is 59.9. The Balaban J connectivity index is 0.000000168. The fraction of sp³-hybridized carbons (Fsp3) is 0.287. The van der Waals surface area contributed by atoms with Gasteiger partial charge < -0.3 is 28.4 Å². The summed E-state index contributed by atoms with van der Waals surface area (Å²) in [7, 11) is 1.06. The number of benzene rings is 10. The van der Waals surface area contributed by atoms with Crippen molar-refractivity contribution in [1.82, 2.24) is 17.8 Å². The molecule has 6 heterocycles. The van der Waals surface area contributed by atoms with E-state index in [0.29, 0.717) is 22.3 Å². The number of anilines is 4. The highest BCUT2D eigenvalue weighted by Crippen LogP contribution is 2.48. The van der Waals surface area contributed by atoms with Crippen molar-refractivity contribution in [3.8, 4) is 56.4 Å². The van der Waals surface area contributed by atoms with E-state index in [1.54, 1.807) is 0 Å². The molecule has 0 N–H and O–H groups in total. The third-order valence-corrected chi connectivity index (χ3v) is 22.7. The van der Waals surface area contributed by atoms with Crippen LogP contribution < -0.4 is 39.4 Å². The Kier molecular flexibility index (Phi) is 21.9. The van der Waals surface area contributed by atoms with Crippen molar-refractivity contribution in [2.75, 3.05) is 63.2 Å². The summed E-state index contributed by atoms with van der Waals surface area (Å²) in [5.41, 5.74) is 19.2. The van der Waals surface area contributed by atoms with Crippen molar-refractivity contribution in [3.63, 3.8) is 0 Å². The zero-order chi connectivity index (χ0) is 72.9. The molecule has 0 unspecified atom stereocenters. The van der Waals surface area contributed by atoms with Crippen LogP contribution in [0.2, 0.25) is 0 Å². The highest BCUT2D eigenvalue weighted by atomic mass is 32.2. The van der Waals surface area contributed by atoms with E-state index in [2.05, 4.69) is 278 Å². The minimum atomic E-state index is -3.11. The van der Waals surface area contributed by atoms with Gasteiger partial charge in [0.1, 0.15) is 54.2 Å². The molecule has 2 saturated heterocycles. The molecule has 16 rings (SSSR count). The standard InChI is InChI=1S/C44H44N3O3S.C43H46N3O3S.O3S/c1-44(2,3)32-22-24-45(25-23-32)51-50-49-40-15-9-6-12-35(40)43-36-18-16-33(46-26-20-30-10-4-7-13-38(30)46)28-41(36)48-42-29-34(17-19-37(42)43)47-27-21-31-11-5-8-14-39(31)47;1-30-16-18-33(19-17-30)45(6)35-21-23-38-41(29-35)47-40-28-34(44(5)32-12-8-7-9-13-32)20-22-37(40)42(38)36-14-10-11-15-39(36)48-49-50-46-26-24-31(25-27-46)43(2,3)4;1-4(2)3/h4-19,28-29,32H,20-27H2,1-3H3;7-23,28-29,31H,24-27H2,1-6H3;/q2*+1;. The lowest BCUT2D eigenvalue weighted by Gasteiger charge is -2.37. The van der Waals surface area contributed by atoms with Crippen molar-refractivity contribution in [1.29, 1.82) is 0 Å². The molecule has 15 nitrogen and oxygen atoms in total. The lowest BCUT2D eigenvalue weighted by atomic mass is 9.76. The average Bonchev–Trinajstić information content (AvgIpc) is 1.02. The van der Waals surface area contributed by atoms with Crippen LogP contribution in [0.15, 0.2) is 233 Å². The Morgan fingerprint density at radius 3 is 1.65 bits per heavy atom. The van der Waals surface area contributed by atoms with Gasteiger partial charge in [-0.3, -0.25) is 0 Å². The van der Waals surface area contributed by atoms with Gasteiger partial charge in [0.15, 0.2) is 18.0 Å². The summed E-state index contributed by atoms with van der Waals surface area (Å²) in [4.78, 5) is 16.8. The molecule has 0 radical (unpaired) electrons. The van der Waals surface area contributed by atoms with Crippen molar-refractivity contribution in [3.05, 3.63) is 252 Å². The van der Waals surface area contributed by atoms with Crippen LogP contribution in [-0.4, -0.2) is 74.6 Å². The smallest absolute Gasteiger partial charge is 0.425 e. The Hall–Kier alpha value is -9.50. The highest BCUT2D eigenvalue weighted by molar-refractivity contribution is 7.92. The van der Waals surface area contributed by atoms with Crippen LogP contribution in [0.25, 0.3) is 66.8 Å². The van der Waals surface area contributed by atoms with Crippen LogP contribution in [-0.2, 0) is 32.1 Å². The van der Waals surface area contributed by atoms with Gasteiger partial charge in [-0.2, -0.15) is 9.15 Å². The minimum absolute atomic E-state index is 0.329. The predicted octanol–water partition coefficient (Wildman–Crippen LogP) is 19.8. The van der Waals surface area contributed by atoms with Gasteiger partial charge in [-0.15, -0.1) is 12.6 Å². The summed E-state index contributed by atoms with van der Waals surface area (Å²) in [5, 5.41) is 4.19. The van der Waals surface area contributed by atoms with Gasteiger partial charge in [0, 0.05) is 161 Å². The van der Waals surface area contributed by atoms with Crippen molar-refractivity contribution in [2.24, 2.45) is 22.7 Å². The summed E-state index contributed by atoms with van der Waals surface area (Å²) in [6.45, 7) is 22.0. The van der Waals surface area contributed by atoms with E-state index in [4.69, 9.17) is 39.9 Å². The number of piperidine rings is 2. The monoisotopic (exact) mass is 1460 g/mol. The van der Waals surface area contributed by atoms with Crippen molar-refractivity contribution >= 4 is 91.1 Å². The van der Waals surface area contributed by atoms with E-state index in [-0.39, 0.29) is 0 Å². The molecule has 0 atom stereocenters. The van der Waals surface area contributed by atoms with E-state index in [1.807, 2.05) is 36.4 Å². The molecule has 8 aliphatic rings. The largest absolute Gasteiger partial charge is 0.456 e. The van der Waals surface area contributed by atoms with E-state index in [9.17, 15) is 0 Å². The van der Waals surface area contributed by atoms with Gasteiger partial charge in [-0.25, -0.2) is 8.61 Å². The molecule has 0 amide bonds. The molecule has 105 heavy (non-hydrogen) atoms. The second-order valence-corrected chi connectivity index (χ2v) is 31.8. The number of para-hydroxylation sites is 5. The second kappa shape index (κ2) is 31.7. The molecule has 8 aromatic carbocycles. The quantitative estimate of drug-likeness (QED) is 0.0255. The zero-order valence-electron chi connectivity index (χ0n) is 61.1. The molecular formula is C87H90N6O9S3+2. The number of hydrogen-bond acceptors (Lipinski definition) is 15. The molecule has 18 heteroatoms. The van der Waals surface area contributed by atoms with Crippen LogP contribution in [0, 0.1) is 29.6 Å². The Morgan fingerprint density at radius 2 is 1.04 bits per heavy atom. The van der Waals surface area contributed by atoms with Gasteiger partial charge >= 0.3 is 10.6 Å². The molecular weight excluding hydrogens is 1370 g/mol. The van der Waals surface area contributed by atoms with E-state index >= 15 is 0 Å². The normalized spacial score (nSPS) is 16.0. The predicted molar refractivity (Wildman–Crippen MR) is 426 cm³/mol. The topological polar surface area (TPSA) is 133 Å².